The van der Waals surface area contributed by atoms with Crippen LogP contribution in [0.5, 0.6) is 0 Å². The fourth-order valence-corrected chi connectivity index (χ4v) is 5.01. The van der Waals surface area contributed by atoms with E-state index in [1.165, 1.54) is 6.26 Å². The molecule has 2 heteroatoms. The maximum atomic E-state index is 9.17. The van der Waals surface area contributed by atoms with Crippen molar-refractivity contribution in [3.05, 3.63) is 121 Å². The lowest BCUT2D eigenvalue weighted by atomic mass is 9.86. The number of hydrogen-bond donors (Lipinski definition) is 0. The maximum absolute atomic E-state index is 9.17. The molecular weight excluding hydrogens is 440 g/mol. The van der Waals surface area contributed by atoms with Crippen molar-refractivity contribution in [2.75, 3.05) is 0 Å². The molecule has 0 saturated heterocycles. The molecule has 168 valence electrons. The van der Waals surface area contributed by atoms with Crippen molar-refractivity contribution in [2.45, 2.75) is 0 Å². The highest BCUT2D eigenvalue weighted by Crippen LogP contribution is 2.47. The van der Waals surface area contributed by atoms with E-state index in [0.29, 0.717) is 27.5 Å². The van der Waals surface area contributed by atoms with Gasteiger partial charge >= 0.3 is 0 Å². The topological polar surface area (TPSA) is 26.3 Å². The van der Waals surface area contributed by atoms with E-state index >= 15 is 0 Å². The molecule has 8 rings (SSSR count). The van der Waals surface area contributed by atoms with Crippen LogP contribution in [0.25, 0.3) is 76.7 Å². The summed E-state index contributed by atoms with van der Waals surface area (Å²) in [7, 11) is 0. The van der Waals surface area contributed by atoms with Gasteiger partial charge in [-0.15, -0.1) is 0 Å². The number of fused-ring (bicyclic) bond motifs is 7. The third-order valence-corrected chi connectivity index (χ3v) is 6.48. The molecular formula is C34H20O2. The number of para-hydroxylation sites is 1. The normalized spacial score (nSPS) is 16.9. The molecule has 0 aliphatic carbocycles. The summed E-state index contributed by atoms with van der Waals surface area (Å²) in [6.07, 6.45) is 1.33. The van der Waals surface area contributed by atoms with E-state index in [9.17, 15) is 2.74 Å². The smallest absolute Gasteiger partial charge is 0.147 e. The summed E-state index contributed by atoms with van der Waals surface area (Å²) in [5.74, 6) is 0. The molecule has 0 aliphatic heterocycles. The van der Waals surface area contributed by atoms with Gasteiger partial charge in [-0.3, -0.25) is 0 Å². The molecule has 0 bridgehead atoms. The Labute approximate surface area is 225 Å². The number of benzene rings is 6. The van der Waals surface area contributed by atoms with Gasteiger partial charge in [0.15, 0.2) is 0 Å². The van der Waals surface area contributed by atoms with Gasteiger partial charge in [-0.05, 0) is 50.9 Å². The summed E-state index contributed by atoms with van der Waals surface area (Å²) in [5, 5.41) is 0.918. The zero-order chi connectivity index (χ0) is 35.0. The Morgan fingerprint density at radius 1 is 0.528 bits per heavy atom. The van der Waals surface area contributed by atoms with Crippen LogP contribution in [-0.2, 0) is 0 Å². The molecule has 2 heterocycles. The van der Waals surface area contributed by atoms with Crippen molar-refractivity contribution in [1.29, 1.82) is 0 Å². The van der Waals surface area contributed by atoms with E-state index in [0.717, 1.165) is 5.39 Å². The average molecular weight is 474 g/mol. The van der Waals surface area contributed by atoms with Crippen molar-refractivity contribution in [3.8, 4) is 22.3 Å². The molecule has 2 nitrogen and oxygen atoms in total. The lowest BCUT2D eigenvalue weighted by Gasteiger charge is -2.17. The SMILES string of the molecule is [2H]c1c([2H])c([2H])c(-c2c3c([2H])c([2H])c([2H])c([2H])c3c(-c3coc4ccc5c6ccccc6oc5c34)c3c([2H])c([2H])c([2H])c([2H])c23)c([2H])c1[2H]. The molecule has 6 aromatic carbocycles. The second-order valence-corrected chi connectivity index (χ2v) is 8.31. The minimum atomic E-state index is -0.726. The number of furan rings is 2. The zero-order valence-electron chi connectivity index (χ0n) is 31.4. The van der Waals surface area contributed by atoms with Gasteiger partial charge in [0.2, 0.25) is 0 Å². The van der Waals surface area contributed by atoms with Crippen LogP contribution in [0.4, 0.5) is 0 Å². The molecule has 0 radical (unpaired) electrons. The fourth-order valence-electron chi connectivity index (χ4n) is 5.01. The second-order valence-electron chi connectivity index (χ2n) is 8.31. The molecule has 0 saturated carbocycles. The Bertz CT molecular complexity index is 2710. The Hall–Kier alpha value is -4.82. The van der Waals surface area contributed by atoms with E-state index in [1.807, 2.05) is 24.3 Å². The van der Waals surface area contributed by atoms with Crippen LogP contribution in [0.2, 0.25) is 0 Å². The number of rotatable bonds is 2. The van der Waals surface area contributed by atoms with Crippen molar-refractivity contribution >= 4 is 54.5 Å². The molecule has 0 fully saturated rings. The molecule has 0 aliphatic rings. The van der Waals surface area contributed by atoms with Crippen LogP contribution in [0.1, 0.15) is 17.8 Å². The molecule has 2 aromatic heterocycles. The molecule has 8 aromatic rings. The van der Waals surface area contributed by atoms with Crippen molar-refractivity contribution in [1.82, 2.24) is 0 Å². The molecule has 36 heavy (non-hydrogen) atoms. The predicted molar refractivity (Wildman–Crippen MR) is 149 cm³/mol. The predicted octanol–water partition coefficient (Wildman–Crippen LogP) is 9.97. The molecule has 0 atom stereocenters. The van der Waals surface area contributed by atoms with Crippen molar-refractivity contribution in [3.63, 3.8) is 0 Å². The van der Waals surface area contributed by atoms with E-state index < -0.39 is 84.1 Å². The first-order chi connectivity index (χ1) is 23.3. The summed E-state index contributed by atoms with van der Waals surface area (Å²) in [6, 6.07) is 2.21. The molecule has 0 amide bonds. The summed E-state index contributed by atoms with van der Waals surface area (Å²) < 4.78 is 126. The van der Waals surface area contributed by atoms with Crippen LogP contribution < -0.4 is 0 Å². The Morgan fingerprint density at radius 3 is 1.89 bits per heavy atom. The summed E-state index contributed by atoms with van der Waals surface area (Å²) in [5.41, 5.74) is 0.640. The van der Waals surface area contributed by atoms with Gasteiger partial charge in [0.1, 0.15) is 16.7 Å². The first-order valence-electron chi connectivity index (χ1n) is 17.6. The Kier molecular flexibility index (Phi) is 2.21. The van der Waals surface area contributed by atoms with E-state index in [-0.39, 0.29) is 38.2 Å². The second kappa shape index (κ2) is 7.34. The lowest BCUT2D eigenvalue weighted by molar-refractivity contribution is 0.616. The zero-order valence-corrected chi connectivity index (χ0v) is 18.4. The van der Waals surface area contributed by atoms with Gasteiger partial charge < -0.3 is 8.83 Å². The Morgan fingerprint density at radius 2 is 1.17 bits per heavy atom. The van der Waals surface area contributed by atoms with E-state index in [1.54, 1.807) is 12.1 Å². The van der Waals surface area contributed by atoms with Gasteiger partial charge in [-0.25, -0.2) is 0 Å². The maximum Gasteiger partial charge on any atom is 0.147 e. The highest BCUT2D eigenvalue weighted by molar-refractivity contribution is 6.26. The lowest BCUT2D eigenvalue weighted by Crippen LogP contribution is -1.90. The monoisotopic (exact) mass is 473 g/mol. The molecule has 0 N–H and O–H groups in total. The Balaban J connectivity index is 1.74. The van der Waals surface area contributed by atoms with Gasteiger partial charge in [0, 0.05) is 21.9 Å². The van der Waals surface area contributed by atoms with Crippen LogP contribution >= 0.6 is 0 Å². The minimum absolute atomic E-state index is 0.0215. The van der Waals surface area contributed by atoms with E-state index in [2.05, 4.69) is 0 Å². The van der Waals surface area contributed by atoms with Gasteiger partial charge in [0.25, 0.3) is 0 Å². The van der Waals surface area contributed by atoms with Gasteiger partial charge in [0.05, 0.1) is 29.5 Å². The molecule has 0 spiro atoms. The van der Waals surface area contributed by atoms with Crippen LogP contribution in [0, 0.1) is 0 Å². The summed E-state index contributed by atoms with van der Waals surface area (Å²) in [6.45, 7) is 0. The van der Waals surface area contributed by atoms with E-state index in [4.69, 9.17) is 23.9 Å². The van der Waals surface area contributed by atoms with Crippen LogP contribution in [-0.4, -0.2) is 0 Å². The van der Waals surface area contributed by atoms with Crippen molar-refractivity contribution in [2.24, 2.45) is 0 Å². The summed E-state index contributed by atoms with van der Waals surface area (Å²) >= 11 is 0. The highest BCUT2D eigenvalue weighted by atomic mass is 16.3. The first-order valence-corrected chi connectivity index (χ1v) is 11.1. The summed E-state index contributed by atoms with van der Waals surface area (Å²) in [4.78, 5) is 0. The van der Waals surface area contributed by atoms with Crippen LogP contribution in [0.15, 0.2) is 130 Å². The van der Waals surface area contributed by atoms with Crippen molar-refractivity contribution < 1.29 is 26.7 Å². The fraction of sp³-hybridized carbons (Fsp3) is 0. The average Bonchev–Trinajstić information content (AvgIpc) is 3.70. The molecule has 0 unspecified atom stereocenters. The quantitative estimate of drug-likeness (QED) is 0.233. The largest absolute Gasteiger partial charge is 0.464 e. The third kappa shape index (κ3) is 2.61. The number of hydrogen-bond acceptors (Lipinski definition) is 2. The minimum Gasteiger partial charge on any atom is -0.464 e. The standard InChI is InChI=1S/C34H20O2/c1-2-10-21(11-3-1)31-23-13-4-6-15-25(23)32(26-16-7-5-14-24(26)31)28-20-35-30-19-18-27-22-12-8-9-17-29(22)36-34(27)33(28)30/h1-20H/i1D,2D,3D,4D,5D,6D,7D,10D,11D,13D,14D,15D,16D. The highest BCUT2D eigenvalue weighted by Gasteiger charge is 2.22. The van der Waals surface area contributed by atoms with Gasteiger partial charge in [-0.2, -0.15) is 0 Å². The first kappa shape index (κ1) is 10.8. The van der Waals surface area contributed by atoms with Crippen LogP contribution in [0.3, 0.4) is 0 Å². The van der Waals surface area contributed by atoms with Gasteiger partial charge in [-0.1, -0.05) is 96.8 Å². The third-order valence-electron chi connectivity index (χ3n) is 6.48.